The molecule has 1 aromatic rings. The molecule has 0 heterocycles. The Hall–Kier alpha value is -1.84. The van der Waals surface area contributed by atoms with Gasteiger partial charge in [0, 0.05) is 9.99 Å². The molecule has 0 bridgehead atoms. The van der Waals surface area contributed by atoms with Crippen LogP contribution in [-0.4, -0.2) is 29.5 Å². The van der Waals surface area contributed by atoms with E-state index in [1.807, 2.05) is 24.3 Å². The molecule has 3 N–H and O–H groups in total. The number of halogens is 1. The molecule has 7 nitrogen and oxygen atoms in total. The third-order valence-corrected chi connectivity index (χ3v) is 3.36. The van der Waals surface area contributed by atoms with Gasteiger partial charge in [-0.1, -0.05) is 17.3 Å². The third-order valence-electron chi connectivity index (χ3n) is 2.64. The van der Waals surface area contributed by atoms with Crippen LogP contribution in [0.3, 0.4) is 0 Å². The molecule has 0 spiro atoms. The predicted molar refractivity (Wildman–Crippen MR) is 99.4 cm³/mol. The molecule has 0 saturated carbocycles. The van der Waals surface area contributed by atoms with E-state index in [2.05, 4.69) is 33.1 Å². The molecule has 24 heavy (non-hydrogen) atoms. The zero-order valence-electron chi connectivity index (χ0n) is 14.1. The summed E-state index contributed by atoms with van der Waals surface area (Å²) in [7, 11) is 0. The fraction of sp³-hybridized carbons (Fsp3) is 0.438. The molecule has 1 aromatic carbocycles. The Labute approximate surface area is 155 Å². The van der Waals surface area contributed by atoms with E-state index in [4.69, 9.17) is 15.3 Å². The van der Waals surface area contributed by atoms with Crippen LogP contribution in [0.15, 0.2) is 29.4 Å². The minimum absolute atomic E-state index is 0.161. The number of carbonyl (C=O) groups excluding carboxylic acids is 2. The third kappa shape index (κ3) is 8.14. The van der Waals surface area contributed by atoms with Crippen molar-refractivity contribution in [2.24, 2.45) is 10.9 Å². The van der Waals surface area contributed by atoms with Crippen LogP contribution in [-0.2, 0) is 20.8 Å². The summed E-state index contributed by atoms with van der Waals surface area (Å²) in [5.41, 5.74) is 6.04. The first kappa shape index (κ1) is 20.2. The van der Waals surface area contributed by atoms with E-state index in [0.717, 1.165) is 9.13 Å². The van der Waals surface area contributed by atoms with Crippen molar-refractivity contribution in [3.05, 3.63) is 33.4 Å². The van der Waals surface area contributed by atoms with Crippen molar-refractivity contribution < 1.29 is 19.2 Å². The van der Waals surface area contributed by atoms with Crippen LogP contribution in [0.4, 0.5) is 4.79 Å². The summed E-state index contributed by atoms with van der Waals surface area (Å²) in [4.78, 5) is 28.1. The lowest BCUT2D eigenvalue weighted by molar-refractivity contribution is -0.145. The van der Waals surface area contributed by atoms with E-state index in [-0.39, 0.29) is 5.84 Å². The van der Waals surface area contributed by atoms with Crippen LogP contribution >= 0.6 is 22.6 Å². The summed E-state index contributed by atoms with van der Waals surface area (Å²) >= 11 is 2.20. The monoisotopic (exact) mass is 447 g/mol. The SMILES string of the molecule is C[C@H](NC(=O)OC(C)(C)C)C(=O)O/N=C(\N)Cc1ccc(I)cc1. The van der Waals surface area contributed by atoms with Crippen molar-refractivity contribution in [1.82, 2.24) is 5.32 Å². The number of hydrogen-bond acceptors (Lipinski definition) is 5. The van der Waals surface area contributed by atoms with Crippen molar-refractivity contribution in [3.8, 4) is 0 Å². The average molecular weight is 447 g/mol. The number of hydrogen-bond donors (Lipinski definition) is 2. The van der Waals surface area contributed by atoms with Crippen molar-refractivity contribution >= 4 is 40.5 Å². The lowest BCUT2D eigenvalue weighted by atomic mass is 10.1. The van der Waals surface area contributed by atoms with Crippen molar-refractivity contribution in [2.75, 3.05) is 0 Å². The Morgan fingerprint density at radius 3 is 2.42 bits per heavy atom. The zero-order valence-corrected chi connectivity index (χ0v) is 16.3. The number of nitrogens with one attached hydrogen (secondary N) is 1. The summed E-state index contributed by atoms with van der Waals surface area (Å²) in [6.45, 7) is 6.65. The first-order valence-corrected chi connectivity index (χ1v) is 8.42. The van der Waals surface area contributed by atoms with Crippen LogP contribution in [0.5, 0.6) is 0 Å². The van der Waals surface area contributed by atoms with Crippen LogP contribution in [0.25, 0.3) is 0 Å². The highest BCUT2D eigenvalue weighted by Crippen LogP contribution is 2.08. The van der Waals surface area contributed by atoms with Crippen molar-refractivity contribution in [2.45, 2.75) is 45.8 Å². The number of alkyl carbamates (subject to hydrolysis) is 1. The number of rotatable bonds is 5. The molecule has 0 unspecified atom stereocenters. The number of oxime groups is 1. The Morgan fingerprint density at radius 2 is 1.88 bits per heavy atom. The van der Waals surface area contributed by atoms with Gasteiger partial charge in [-0.3, -0.25) is 0 Å². The van der Waals surface area contributed by atoms with E-state index >= 15 is 0 Å². The summed E-state index contributed by atoms with van der Waals surface area (Å²) in [6, 6.07) is 6.82. The van der Waals surface area contributed by atoms with Gasteiger partial charge in [-0.25, -0.2) is 9.59 Å². The van der Waals surface area contributed by atoms with E-state index in [0.29, 0.717) is 6.42 Å². The normalized spacial score (nSPS) is 13.1. The standard InChI is InChI=1S/C16H22IN3O4/c1-10(19-15(22)23-16(2,3)4)14(21)24-20-13(18)9-11-5-7-12(17)8-6-11/h5-8,10H,9H2,1-4H3,(H2,18,20)(H,19,22)/t10-/m0/s1. The van der Waals surface area contributed by atoms with E-state index < -0.39 is 23.7 Å². The molecule has 0 aromatic heterocycles. The molecular weight excluding hydrogens is 425 g/mol. The summed E-state index contributed by atoms with van der Waals surface area (Å²) in [5.74, 6) is -0.569. The second kappa shape index (κ2) is 8.86. The average Bonchev–Trinajstić information content (AvgIpc) is 2.45. The first-order chi connectivity index (χ1) is 11.1. The number of amidine groups is 1. The Kier molecular flexibility index (Phi) is 7.46. The first-order valence-electron chi connectivity index (χ1n) is 7.34. The van der Waals surface area contributed by atoms with Gasteiger partial charge in [-0.15, -0.1) is 0 Å². The quantitative estimate of drug-likeness (QED) is 0.238. The van der Waals surface area contributed by atoms with Crippen LogP contribution in [0.1, 0.15) is 33.3 Å². The number of ether oxygens (including phenoxy) is 1. The molecule has 0 aliphatic rings. The molecule has 132 valence electrons. The Bertz CT molecular complexity index is 609. The summed E-state index contributed by atoms with van der Waals surface area (Å²) in [5, 5.41) is 5.96. The number of amides is 1. The second-order valence-corrected chi connectivity index (χ2v) is 7.41. The fourth-order valence-corrected chi connectivity index (χ4v) is 1.93. The molecule has 0 saturated heterocycles. The minimum atomic E-state index is -0.908. The Morgan fingerprint density at radius 1 is 1.29 bits per heavy atom. The maximum atomic E-state index is 11.8. The lowest BCUT2D eigenvalue weighted by Crippen LogP contribution is -2.42. The van der Waals surface area contributed by atoms with Crippen LogP contribution < -0.4 is 11.1 Å². The van der Waals surface area contributed by atoms with Crippen LogP contribution in [0.2, 0.25) is 0 Å². The lowest BCUT2D eigenvalue weighted by Gasteiger charge is -2.20. The summed E-state index contributed by atoms with van der Waals surface area (Å²) in [6.07, 6.45) is -0.347. The molecular formula is C16H22IN3O4. The predicted octanol–water partition coefficient (Wildman–Crippen LogP) is 2.56. The molecule has 0 radical (unpaired) electrons. The van der Waals surface area contributed by atoms with Gasteiger partial charge >= 0.3 is 12.1 Å². The van der Waals surface area contributed by atoms with Gasteiger partial charge in [0.25, 0.3) is 0 Å². The van der Waals surface area contributed by atoms with E-state index in [1.54, 1.807) is 20.8 Å². The number of nitrogens with zero attached hydrogens (tertiary/aromatic N) is 1. The molecule has 1 amide bonds. The molecule has 0 fully saturated rings. The van der Waals surface area contributed by atoms with Gasteiger partial charge in [0.15, 0.2) is 0 Å². The molecule has 1 rings (SSSR count). The van der Waals surface area contributed by atoms with Gasteiger partial charge < -0.3 is 20.6 Å². The summed E-state index contributed by atoms with van der Waals surface area (Å²) < 4.78 is 6.17. The molecule has 1 atom stereocenters. The topological polar surface area (TPSA) is 103 Å². The maximum Gasteiger partial charge on any atom is 0.408 e. The number of carbonyl (C=O) groups is 2. The van der Waals surface area contributed by atoms with Crippen molar-refractivity contribution in [3.63, 3.8) is 0 Å². The van der Waals surface area contributed by atoms with Crippen LogP contribution in [0, 0.1) is 3.57 Å². The van der Waals surface area contributed by atoms with Gasteiger partial charge in [0.1, 0.15) is 17.5 Å². The maximum absolute atomic E-state index is 11.8. The van der Waals surface area contributed by atoms with Gasteiger partial charge in [0.05, 0.1) is 0 Å². The van der Waals surface area contributed by atoms with Gasteiger partial charge in [-0.2, -0.15) is 0 Å². The molecule has 0 aliphatic carbocycles. The number of benzene rings is 1. The second-order valence-electron chi connectivity index (χ2n) is 6.16. The highest BCUT2D eigenvalue weighted by atomic mass is 127. The van der Waals surface area contributed by atoms with E-state index in [1.165, 1.54) is 6.92 Å². The molecule has 0 aliphatic heterocycles. The smallest absolute Gasteiger partial charge is 0.408 e. The Balaban J connectivity index is 2.48. The number of nitrogens with two attached hydrogens (primary N) is 1. The highest BCUT2D eigenvalue weighted by molar-refractivity contribution is 14.1. The molecule has 8 heteroatoms. The zero-order chi connectivity index (χ0) is 18.3. The van der Waals surface area contributed by atoms with Gasteiger partial charge in [-0.05, 0) is 68.0 Å². The van der Waals surface area contributed by atoms with Gasteiger partial charge in [0.2, 0.25) is 0 Å². The fourth-order valence-electron chi connectivity index (χ4n) is 1.57. The highest BCUT2D eigenvalue weighted by Gasteiger charge is 2.22. The van der Waals surface area contributed by atoms with Crippen molar-refractivity contribution in [1.29, 1.82) is 0 Å². The minimum Gasteiger partial charge on any atom is -0.444 e. The van der Waals surface area contributed by atoms with E-state index in [9.17, 15) is 9.59 Å². The largest absolute Gasteiger partial charge is 0.444 e.